The highest BCUT2D eigenvalue weighted by Crippen LogP contribution is 2.16. The number of hydrogen-bond acceptors (Lipinski definition) is 3. The van der Waals surface area contributed by atoms with Crippen LogP contribution >= 0.6 is 0 Å². The Hall–Kier alpha value is -0.870. The minimum atomic E-state index is 0.724. The van der Waals surface area contributed by atoms with Crippen LogP contribution in [0.15, 0.2) is 18.7 Å². The van der Waals surface area contributed by atoms with Gasteiger partial charge in [-0.25, -0.2) is 4.98 Å². The molecule has 16 heavy (non-hydrogen) atoms. The van der Waals surface area contributed by atoms with Crippen LogP contribution in [0.5, 0.6) is 0 Å². The number of likely N-dealkylation sites (tertiary alicyclic amines) is 1. The first-order valence-electron chi connectivity index (χ1n) is 6.24. The summed E-state index contributed by atoms with van der Waals surface area (Å²) < 4.78 is 2.16. The van der Waals surface area contributed by atoms with Crippen LogP contribution in [0, 0.1) is 0 Å². The first-order valence-corrected chi connectivity index (χ1v) is 6.24. The number of nitrogens with one attached hydrogen (secondary N) is 1. The molecule has 0 radical (unpaired) electrons. The quantitative estimate of drug-likeness (QED) is 0.805. The molecule has 4 heteroatoms. The molecule has 1 aliphatic heterocycles. The van der Waals surface area contributed by atoms with Gasteiger partial charge in [0.05, 0.1) is 6.33 Å². The fourth-order valence-electron chi connectivity index (χ4n) is 2.48. The van der Waals surface area contributed by atoms with E-state index in [0.717, 1.165) is 25.7 Å². The SMILES string of the molecule is CNCC1CCCCN1CCn1ccnc1. The molecule has 1 aromatic rings. The third-order valence-electron chi connectivity index (χ3n) is 3.39. The Morgan fingerprint density at radius 3 is 3.06 bits per heavy atom. The topological polar surface area (TPSA) is 33.1 Å². The Morgan fingerprint density at radius 1 is 1.38 bits per heavy atom. The van der Waals surface area contributed by atoms with Gasteiger partial charge in [-0.15, -0.1) is 0 Å². The summed E-state index contributed by atoms with van der Waals surface area (Å²) in [7, 11) is 2.04. The molecular formula is C12H22N4. The fraction of sp³-hybridized carbons (Fsp3) is 0.750. The minimum Gasteiger partial charge on any atom is -0.336 e. The Morgan fingerprint density at radius 2 is 2.31 bits per heavy atom. The van der Waals surface area contributed by atoms with Gasteiger partial charge in [0, 0.05) is 38.1 Å². The molecule has 1 atom stereocenters. The lowest BCUT2D eigenvalue weighted by Crippen LogP contribution is -2.45. The number of rotatable bonds is 5. The summed E-state index contributed by atoms with van der Waals surface area (Å²) in [5, 5.41) is 3.30. The van der Waals surface area contributed by atoms with Crippen LogP contribution in [0.2, 0.25) is 0 Å². The largest absolute Gasteiger partial charge is 0.336 e. The summed E-state index contributed by atoms with van der Waals surface area (Å²) in [5.74, 6) is 0. The van der Waals surface area contributed by atoms with Gasteiger partial charge in [0.15, 0.2) is 0 Å². The Kier molecular flexibility index (Phi) is 4.36. The van der Waals surface area contributed by atoms with E-state index in [9.17, 15) is 0 Å². The van der Waals surface area contributed by atoms with Crippen LogP contribution in [-0.4, -0.2) is 47.2 Å². The summed E-state index contributed by atoms with van der Waals surface area (Å²) in [5.41, 5.74) is 0. The standard InChI is InChI=1S/C12H22N4/c1-13-10-12-4-2-3-6-16(12)9-8-15-7-5-14-11-15/h5,7,11-13H,2-4,6,8-10H2,1H3. The second-order valence-electron chi connectivity index (χ2n) is 4.54. The van der Waals surface area contributed by atoms with Crippen molar-refractivity contribution in [3.05, 3.63) is 18.7 Å². The number of piperidine rings is 1. The molecule has 4 nitrogen and oxygen atoms in total. The van der Waals surface area contributed by atoms with Crippen LogP contribution in [0.25, 0.3) is 0 Å². The van der Waals surface area contributed by atoms with Crippen molar-refractivity contribution in [2.75, 3.05) is 26.7 Å². The predicted octanol–water partition coefficient (Wildman–Crippen LogP) is 0.957. The highest BCUT2D eigenvalue weighted by atomic mass is 15.2. The predicted molar refractivity (Wildman–Crippen MR) is 65.4 cm³/mol. The number of imidazole rings is 1. The zero-order chi connectivity index (χ0) is 11.2. The lowest BCUT2D eigenvalue weighted by Gasteiger charge is -2.35. The monoisotopic (exact) mass is 222 g/mol. The van der Waals surface area contributed by atoms with E-state index in [0.29, 0.717) is 0 Å². The lowest BCUT2D eigenvalue weighted by atomic mass is 10.0. The van der Waals surface area contributed by atoms with E-state index in [2.05, 4.69) is 19.8 Å². The third-order valence-corrected chi connectivity index (χ3v) is 3.39. The average molecular weight is 222 g/mol. The number of hydrogen-bond donors (Lipinski definition) is 1. The number of likely N-dealkylation sites (N-methyl/N-ethyl adjacent to an activating group) is 1. The first-order chi connectivity index (χ1) is 7.90. The summed E-state index contributed by atoms with van der Waals surface area (Å²) in [6.07, 6.45) is 9.86. The zero-order valence-electron chi connectivity index (χ0n) is 10.1. The van der Waals surface area contributed by atoms with Gasteiger partial charge in [0.2, 0.25) is 0 Å². The molecule has 90 valence electrons. The molecule has 0 saturated carbocycles. The van der Waals surface area contributed by atoms with Crippen LogP contribution in [0.1, 0.15) is 19.3 Å². The zero-order valence-corrected chi connectivity index (χ0v) is 10.1. The minimum absolute atomic E-state index is 0.724. The maximum absolute atomic E-state index is 4.07. The molecule has 1 fully saturated rings. The number of aromatic nitrogens is 2. The van der Waals surface area contributed by atoms with Crippen LogP contribution in [0.4, 0.5) is 0 Å². The molecule has 2 rings (SSSR count). The van der Waals surface area contributed by atoms with E-state index in [1.54, 1.807) is 0 Å². The van der Waals surface area contributed by atoms with Gasteiger partial charge < -0.3 is 9.88 Å². The van der Waals surface area contributed by atoms with Gasteiger partial charge in [0.25, 0.3) is 0 Å². The Labute approximate surface area is 97.7 Å². The summed E-state index contributed by atoms with van der Waals surface area (Å²) in [6.45, 7) is 4.56. The first kappa shape index (κ1) is 11.6. The highest BCUT2D eigenvalue weighted by Gasteiger charge is 2.20. The van der Waals surface area contributed by atoms with Gasteiger partial charge in [-0.05, 0) is 26.4 Å². The second kappa shape index (κ2) is 6.01. The van der Waals surface area contributed by atoms with Crippen molar-refractivity contribution in [1.29, 1.82) is 0 Å². The lowest BCUT2D eigenvalue weighted by molar-refractivity contribution is 0.142. The second-order valence-corrected chi connectivity index (χ2v) is 4.54. The average Bonchev–Trinajstić information content (AvgIpc) is 2.81. The van der Waals surface area contributed by atoms with E-state index in [4.69, 9.17) is 0 Å². The summed E-state index contributed by atoms with van der Waals surface area (Å²) >= 11 is 0. The van der Waals surface area contributed by atoms with E-state index >= 15 is 0 Å². The maximum atomic E-state index is 4.07. The summed E-state index contributed by atoms with van der Waals surface area (Å²) in [4.78, 5) is 6.68. The van der Waals surface area contributed by atoms with Gasteiger partial charge in [-0.3, -0.25) is 4.90 Å². The molecule has 1 aromatic heterocycles. The molecule has 1 aliphatic rings. The van der Waals surface area contributed by atoms with Gasteiger partial charge in [-0.1, -0.05) is 6.42 Å². The number of nitrogens with zero attached hydrogens (tertiary/aromatic N) is 3. The molecular weight excluding hydrogens is 200 g/mol. The molecule has 0 aromatic carbocycles. The molecule has 0 amide bonds. The molecule has 1 N–H and O–H groups in total. The fourth-order valence-corrected chi connectivity index (χ4v) is 2.48. The van der Waals surface area contributed by atoms with Crippen molar-refractivity contribution in [2.45, 2.75) is 31.8 Å². The van der Waals surface area contributed by atoms with Crippen molar-refractivity contribution in [1.82, 2.24) is 19.8 Å². The molecule has 2 heterocycles. The molecule has 1 unspecified atom stereocenters. The smallest absolute Gasteiger partial charge is 0.0946 e. The molecule has 0 bridgehead atoms. The molecule has 0 aliphatic carbocycles. The van der Waals surface area contributed by atoms with E-state index < -0.39 is 0 Å². The van der Waals surface area contributed by atoms with Gasteiger partial charge in [0.1, 0.15) is 0 Å². The normalized spacial score (nSPS) is 22.4. The van der Waals surface area contributed by atoms with Crippen molar-refractivity contribution in [2.24, 2.45) is 0 Å². The van der Waals surface area contributed by atoms with Crippen molar-refractivity contribution >= 4 is 0 Å². The maximum Gasteiger partial charge on any atom is 0.0946 e. The van der Waals surface area contributed by atoms with Crippen molar-refractivity contribution in [3.63, 3.8) is 0 Å². The molecule has 0 spiro atoms. The van der Waals surface area contributed by atoms with Crippen LogP contribution in [-0.2, 0) is 6.54 Å². The highest BCUT2D eigenvalue weighted by molar-refractivity contribution is 4.80. The Bertz CT molecular complexity index is 281. The molecule has 1 saturated heterocycles. The summed E-state index contributed by atoms with van der Waals surface area (Å²) in [6, 6.07) is 0.724. The Balaban J connectivity index is 1.81. The van der Waals surface area contributed by atoms with Crippen molar-refractivity contribution < 1.29 is 0 Å². The van der Waals surface area contributed by atoms with Crippen molar-refractivity contribution in [3.8, 4) is 0 Å². The van der Waals surface area contributed by atoms with Gasteiger partial charge >= 0.3 is 0 Å². The van der Waals surface area contributed by atoms with Gasteiger partial charge in [-0.2, -0.15) is 0 Å². The van der Waals surface area contributed by atoms with Crippen LogP contribution < -0.4 is 5.32 Å². The van der Waals surface area contributed by atoms with E-state index in [1.807, 2.05) is 25.8 Å². The van der Waals surface area contributed by atoms with E-state index in [-0.39, 0.29) is 0 Å². The van der Waals surface area contributed by atoms with Crippen LogP contribution in [0.3, 0.4) is 0 Å². The van der Waals surface area contributed by atoms with E-state index in [1.165, 1.54) is 25.8 Å². The third kappa shape index (κ3) is 3.06.